The minimum atomic E-state index is -0.511. The second-order valence-electron chi connectivity index (χ2n) is 5.68. The van der Waals surface area contributed by atoms with Gasteiger partial charge in [0.25, 0.3) is 0 Å². The molecule has 1 aliphatic heterocycles. The zero-order chi connectivity index (χ0) is 16.9. The number of thioether (sulfide) groups is 1. The number of hydrogen-bond donors (Lipinski definition) is 0. The van der Waals surface area contributed by atoms with Crippen LogP contribution >= 0.6 is 23.4 Å². The zero-order valence-corrected chi connectivity index (χ0v) is 15.1. The molecule has 2 aromatic rings. The van der Waals surface area contributed by atoms with Crippen molar-refractivity contribution < 1.29 is 9.53 Å². The van der Waals surface area contributed by atoms with Crippen molar-refractivity contribution in [2.45, 2.75) is 24.3 Å². The molecular formula is C19H20ClNO2S. The highest BCUT2D eigenvalue weighted by molar-refractivity contribution is 7.99. The Hall–Kier alpha value is -1.65. The summed E-state index contributed by atoms with van der Waals surface area (Å²) < 4.78 is 6.04. The van der Waals surface area contributed by atoms with Crippen molar-refractivity contribution in [2.24, 2.45) is 0 Å². The van der Waals surface area contributed by atoms with Crippen LogP contribution in [0.15, 0.2) is 54.6 Å². The fraction of sp³-hybridized carbons (Fsp3) is 0.316. The average Bonchev–Trinajstić information content (AvgIpc) is 3.09. The van der Waals surface area contributed by atoms with Crippen LogP contribution in [0.5, 0.6) is 5.75 Å². The molecule has 0 aromatic heterocycles. The number of alkyl halides is 1. The number of para-hydroxylation sites is 1. The van der Waals surface area contributed by atoms with Crippen molar-refractivity contribution in [3.8, 4) is 5.75 Å². The predicted molar refractivity (Wildman–Crippen MR) is 99.4 cm³/mol. The highest BCUT2D eigenvalue weighted by Gasteiger charge is 2.34. The van der Waals surface area contributed by atoms with Crippen LogP contribution in [0.1, 0.15) is 23.4 Å². The second kappa shape index (κ2) is 7.95. The fourth-order valence-electron chi connectivity index (χ4n) is 2.73. The van der Waals surface area contributed by atoms with Gasteiger partial charge in [-0.15, -0.1) is 23.4 Å². The number of carbonyl (C=O) groups is 1. The van der Waals surface area contributed by atoms with Gasteiger partial charge in [0.15, 0.2) is 0 Å². The molecule has 2 aromatic carbocycles. The average molecular weight is 362 g/mol. The molecule has 3 nitrogen and oxygen atoms in total. The molecule has 126 valence electrons. The summed E-state index contributed by atoms with van der Waals surface area (Å²) in [6.07, 6.45) is 0. The Morgan fingerprint density at radius 3 is 2.71 bits per heavy atom. The molecule has 0 aliphatic carbocycles. The van der Waals surface area contributed by atoms with E-state index in [0.29, 0.717) is 6.61 Å². The lowest BCUT2D eigenvalue weighted by Gasteiger charge is -2.26. The first-order valence-electron chi connectivity index (χ1n) is 7.98. The van der Waals surface area contributed by atoms with Gasteiger partial charge < -0.3 is 9.64 Å². The van der Waals surface area contributed by atoms with Gasteiger partial charge >= 0.3 is 0 Å². The molecule has 24 heavy (non-hydrogen) atoms. The van der Waals surface area contributed by atoms with Crippen LogP contribution in [-0.4, -0.2) is 28.5 Å². The summed E-state index contributed by atoms with van der Waals surface area (Å²) in [4.78, 5) is 14.2. The van der Waals surface area contributed by atoms with E-state index in [0.717, 1.165) is 29.2 Å². The monoisotopic (exact) mass is 361 g/mol. The van der Waals surface area contributed by atoms with Crippen LogP contribution in [0, 0.1) is 0 Å². The lowest BCUT2D eigenvalue weighted by atomic mass is 10.1. The summed E-state index contributed by atoms with van der Waals surface area (Å²) >= 11 is 7.76. The molecule has 0 radical (unpaired) electrons. The van der Waals surface area contributed by atoms with Gasteiger partial charge in [-0.1, -0.05) is 48.5 Å². The predicted octanol–water partition coefficient (Wildman–Crippen LogP) is 4.47. The van der Waals surface area contributed by atoms with E-state index in [2.05, 4.69) is 0 Å². The van der Waals surface area contributed by atoms with E-state index in [1.165, 1.54) is 0 Å². The Morgan fingerprint density at radius 1 is 1.25 bits per heavy atom. The first kappa shape index (κ1) is 17.2. The summed E-state index contributed by atoms with van der Waals surface area (Å²) in [5, 5.41) is -0.547. The Morgan fingerprint density at radius 2 is 1.96 bits per heavy atom. The normalized spacial score (nSPS) is 18.4. The number of hydrogen-bond acceptors (Lipinski definition) is 3. The van der Waals surface area contributed by atoms with Crippen molar-refractivity contribution in [2.75, 3.05) is 12.3 Å². The summed E-state index contributed by atoms with van der Waals surface area (Å²) in [7, 11) is 0. The Bertz CT molecular complexity index is 693. The smallest absolute Gasteiger partial charge is 0.241 e. The quantitative estimate of drug-likeness (QED) is 0.736. The number of nitrogens with zero attached hydrogens (tertiary/aromatic N) is 1. The first-order chi connectivity index (χ1) is 11.7. The Labute approximate surface area is 151 Å². The molecule has 1 saturated heterocycles. The van der Waals surface area contributed by atoms with Gasteiger partial charge in [0.1, 0.15) is 23.1 Å². The van der Waals surface area contributed by atoms with Crippen molar-refractivity contribution in [3.05, 3.63) is 65.7 Å². The van der Waals surface area contributed by atoms with Crippen LogP contribution in [0.2, 0.25) is 0 Å². The SMILES string of the molecule is C[C@@H](Cl)C(=O)N1CCS[C@@H]1c1ccccc1OCc1ccccc1. The third kappa shape index (κ3) is 3.87. The van der Waals surface area contributed by atoms with Crippen molar-refractivity contribution in [1.29, 1.82) is 0 Å². The van der Waals surface area contributed by atoms with E-state index in [1.807, 2.05) is 59.5 Å². The molecule has 0 unspecified atom stereocenters. The second-order valence-corrected chi connectivity index (χ2v) is 7.53. The molecule has 1 amide bonds. The molecule has 0 spiro atoms. The van der Waals surface area contributed by atoms with Crippen LogP contribution < -0.4 is 4.74 Å². The van der Waals surface area contributed by atoms with Crippen LogP contribution in [-0.2, 0) is 11.4 Å². The van der Waals surface area contributed by atoms with Crippen LogP contribution in [0.25, 0.3) is 0 Å². The maximum Gasteiger partial charge on any atom is 0.241 e. The number of ether oxygens (including phenoxy) is 1. The first-order valence-corrected chi connectivity index (χ1v) is 9.47. The minimum absolute atomic E-state index is 0.0236. The molecule has 2 atom stereocenters. The molecule has 0 bridgehead atoms. The Balaban J connectivity index is 1.79. The van der Waals surface area contributed by atoms with Gasteiger partial charge in [-0.2, -0.15) is 0 Å². The van der Waals surface area contributed by atoms with Crippen molar-refractivity contribution >= 4 is 29.3 Å². The topological polar surface area (TPSA) is 29.5 Å². The maximum absolute atomic E-state index is 12.4. The third-order valence-corrected chi connectivity index (χ3v) is 5.37. The zero-order valence-electron chi connectivity index (χ0n) is 13.5. The van der Waals surface area contributed by atoms with E-state index in [4.69, 9.17) is 16.3 Å². The molecule has 0 saturated carbocycles. The maximum atomic E-state index is 12.4. The summed E-state index contributed by atoms with van der Waals surface area (Å²) in [6.45, 7) is 2.95. The van der Waals surface area contributed by atoms with E-state index >= 15 is 0 Å². The number of halogens is 1. The fourth-order valence-corrected chi connectivity index (χ4v) is 4.15. The molecule has 3 rings (SSSR count). The largest absolute Gasteiger partial charge is 0.489 e. The number of carbonyl (C=O) groups excluding carboxylic acids is 1. The van der Waals surface area contributed by atoms with Gasteiger partial charge in [-0.05, 0) is 18.6 Å². The van der Waals surface area contributed by atoms with E-state index in [1.54, 1.807) is 18.7 Å². The number of benzene rings is 2. The van der Waals surface area contributed by atoms with Gasteiger partial charge in [0.05, 0.1) is 0 Å². The molecule has 0 N–H and O–H groups in total. The summed E-state index contributed by atoms with van der Waals surface area (Å²) in [6, 6.07) is 18.0. The van der Waals surface area contributed by atoms with E-state index in [-0.39, 0.29) is 11.3 Å². The molecule has 1 heterocycles. The lowest BCUT2D eigenvalue weighted by molar-refractivity contribution is -0.130. The van der Waals surface area contributed by atoms with E-state index < -0.39 is 5.38 Å². The standard InChI is InChI=1S/C19H20ClNO2S/c1-14(20)18(22)21-11-12-24-19(21)16-9-5-6-10-17(16)23-13-15-7-3-2-4-8-15/h2-10,14,19H,11-13H2,1H3/t14-,19-/m1/s1. The molecule has 1 fully saturated rings. The number of amides is 1. The lowest BCUT2D eigenvalue weighted by Crippen LogP contribution is -2.35. The van der Waals surface area contributed by atoms with Gasteiger partial charge in [-0.25, -0.2) is 0 Å². The molecule has 5 heteroatoms. The highest BCUT2D eigenvalue weighted by atomic mass is 35.5. The van der Waals surface area contributed by atoms with Gasteiger partial charge in [-0.3, -0.25) is 4.79 Å². The van der Waals surface area contributed by atoms with Crippen LogP contribution in [0.4, 0.5) is 0 Å². The molecular weight excluding hydrogens is 342 g/mol. The minimum Gasteiger partial charge on any atom is -0.489 e. The van der Waals surface area contributed by atoms with Crippen molar-refractivity contribution in [1.82, 2.24) is 4.90 Å². The van der Waals surface area contributed by atoms with Gasteiger partial charge in [0, 0.05) is 17.9 Å². The van der Waals surface area contributed by atoms with Gasteiger partial charge in [0.2, 0.25) is 5.91 Å². The number of rotatable bonds is 5. The van der Waals surface area contributed by atoms with Crippen LogP contribution in [0.3, 0.4) is 0 Å². The Kier molecular flexibility index (Phi) is 5.69. The molecule has 1 aliphatic rings. The highest BCUT2D eigenvalue weighted by Crippen LogP contribution is 2.42. The van der Waals surface area contributed by atoms with E-state index in [9.17, 15) is 4.79 Å². The summed E-state index contributed by atoms with van der Waals surface area (Å²) in [5.74, 6) is 1.71. The summed E-state index contributed by atoms with van der Waals surface area (Å²) in [5.41, 5.74) is 2.15. The van der Waals surface area contributed by atoms with Crippen molar-refractivity contribution in [3.63, 3.8) is 0 Å². The third-order valence-electron chi connectivity index (χ3n) is 3.94.